The largest absolute Gasteiger partial charge is 0.573 e. The molecule has 0 aromatic carbocycles. The van der Waals surface area contributed by atoms with E-state index in [0.29, 0.717) is 6.20 Å². The summed E-state index contributed by atoms with van der Waals surface area (Å²) in [6.07, 6.45) is -8.03. The standard InChI is InChI=1S/C8H6F5NO3/c1-16-7-5(17-8(11,12)13)4(6(9)10)3(15)2-14-7/h2,6,15H,1H3. The lowest BCUT2D eigenvalue weighted by Gasteiger charge is -2.15. The zero-order valence-corrected chi connectivity index (χ0v) is 8.26. The van der Waals surface area contributed by atoms with E-state index in [1.54, 1.807) is 0 Å². The van der Waals surface area contributed by atoms with Crippen molar-refractivity contribution in [3.63, 3.8) is 0 Å². The lowest BCUT2D eigenvalue weighted by atomic mass is 10.2. The second-order valence-electron chi connectivity index (χ2n) is 2.74. The second-order valence-corrected chi connectivity index (χ2v) is 2.74. The fourth-order valence-electron chi connectivity index (χ4n) is 1.05. The minimum atomic E-state index is -5.20. The van der Waals surface area contributed by atoms with Crippen LogP contribution in [0.4, 0.5) is 22.0 Å². The highest BCUT2D eigenvalue weighted by molar-refractivity contribution is 5.49. The maximum absolute atomic E-state index is 12.5. The third-order valence-corrected chi connectivity index (χ3v) is 1.65. The molecule has 0 amide bonds. The van der Waals surface area contributed by atoms with Gasteiger partial charge in [0.15, 0.2) is 0 Å². The highest BCUT2D eigenvalue weighted by Crippen LogP contribution is 2.43. The van der Waals surface area contributed by atoms with Gasteiger partial charge >= 0.3 is 6.36 Å². The van der Waals surface area contributed by atoms with Crippen LogP contribution in [-0.4, -0.2) is 23.6 Å². The molecule has 1 rings (SSSR count). The van der Waals surface area contributed by atoms with E-state index >= 15 is 0 Å². The molecule has 9 heteroatoms. The van der Waals surface area contributed by atoms with Gasteiger partial charge in [-0.3, -0.25) is 0 Å². The summed E-state index contributed by atoms with van der Waals surface area (Å²) in [6.45, 7) is 0. The molecule has 0 atom stereocenters. The first-order chi connectivity index (χ1) is 7.76. The second kappa shape index (κ2) is 4.60. The van der Waals surface area contributed by atoms with Gasteiger partial charge in [0.25, 0.3) is 12.3 Å². The van der Waals surface area contributed by atoms with E-state index < -0.39 is 35.7 Å². The molecule has 17 heavy (non-hydrogen) atoms. The highest BCUT2D eigenvalue weighted by atomic mass is 19.4. The van der Waals surface area contributed by atoms with Crippen LogP contribution in [0.3, 0.4) is 0 Å². The van der Waals surface area contributed by atoms with Crippen molar-refractivity contribution in [2.45, 2.75) is 12.8 Å². The number of alkyl halides is 5. The zero-order chi connectivity index (χ0) is 13.2. The Morgan fingerprint density at radius 2 is 1.94 bits per heavy atom. The van der Waals surface area contributed by atoms with Gasteiger partial charge in [0.05, 0.1) is 13.3 Å². The molecule has 1 aromatic heterocycles. The molecule has 0 aliphatic carbocycles. The quantitative estimate of drug-likeness (QED) is 0.848. The molecule has 96 valence electrons. The molecule has 0 bridgehead atoms. The van der Waals surface area contributed by atoms with Crippen molar-refractivity contribution >= 4 is 0 Å². The number of nitrogens with zero attached hydrogens (tertiary/aromatic N) is 1. The minimum absolute atomic E-state index is 0.545. The molecule has 0 aliphatic heterocycles. The fourth-order valence-corrected chi connectivity index (χ4v) is 1.05. The topological polar surface area (TPSA) is 51.6 Å². The van der Waals surface area contributed by atoms with Crippen LogP contribution in [-0.2, 0) is 0 Å². The highest BCUT2D eigenvalue weighted by Gasteiger charge is 2.36. The summed E-state index contributed by atoms with van der Waals surface area (Å²) in [6, 6.07) is 0. The van der Waals surface area contributed by atoms with Crippen LogP contribution in [0.25, 0.3) is 0 Å². The summed E-state index contributed by atoms with van der Waals surface area (Å²) in [7, 11) is 0.928. The van der Waals surface area contributed by atoms with E-state index in [0.717, 1.165) is 7.11 Å². The smallest absolute Gasteiger partial charge is 0.506 e. The molecule has 1 aromatic rings. The maximum atomic E-state index is 12.5. The van der Waals surface area contributed by atoms with E-state index in [-0.39, 0.29) is 0 Å². The van der Waals surface area contributed by atoms with Crippen LogP contribution < -0.4 is 9.47 Å². The van der Waals surface area contributed by atoms with Gasteiger partial charge in [-0.15, -0.1) is 13.2 Å². The summed E-state index contributed by atoms with van der Waals surface area (Å²) >= 11 is 0. The van der Waals surface area contributed by atoms with Crippen LogP contribution in [0.2, 0.25) is 0 Å². The third-order valence-electron chi connectivity index (χ3n) is 1.65. The molecule has 0 aliphatic rings. The molecule has 0 saturated heterocycles. The van der Waals surface area contributed by atoms with Crippen LogP contribution in [0.15, 0.2) is 6.20 Å². The molecular weight excluding hydrogens is 253 g/mol. The number of hydrogen-bond donors (Lipinski definition) is 1. The van der Waals surface area contributed by atoms with Gasteiger partial charge in [-0.2, -0.15) is 0 Å². The molecule has 0 spiro atoms. The first kappa shape index (κ1) is 13.3. The molecule has 0 saturated carbocycles. The molecule has 0 fully saturated rings. The van der Waals surface area contributed by atoms with Crippen molar-refractivity contribution in [3.05, 3.63) is 11.8 Å². The average molecular weight is 259 g/mol. The predicted molar refractivity (Wildman–Crippen MR) is 44.1 cm³/mol. The molecule has 0 radical (unpaired) electrons. The Morgan fingerprint density at radius 1 is 1.35 bits per heavy atom. The molecule has 1 N–H and O–H groups in total. The van der Waals surface area contributed by atoms with Crippen LogP contribution >= 0.6 is 0 Å². The number of aromatic hydroxyl groups is 1. The van der Waals surface area contributed by atoms with Crippen molar-refractivity contribution in [2.24, 2.45) is 0 Å². The number of aromatic nitrogens is 1. The number of rotatable bonds is 3. The summed E-state index contributed by atoms with van der Waals surface area (Å²) in [5, 5.41) is 9.03. The van der Waals surface area contributed by atoms with Crippen LogP contribution in [0.5, 0.6) is 17.4 Å². The Labute approximate surface area is 91.6 Å². The van der Waals surface area contributed by atoms with Crippen molar-refractivity contribution in [3.8, 4) is 17.4 Å². The van der Waals surface area contributed by atoms with Gasteiger partial charge < -0.3 is 14.6 Å². The molecule has 0 unspecified atom stereocenters. The summed E-state index contributed by atoms with van der Waals surface area (Å²) in [5.74, 6) is -3.26. The van der Waals surface area contributed by atoms with Crippen LogP contribution in [0.1, 0.15) is 12.0 Å². The maximum Gasteiger partial charge on any atom is 0.573 e. The Balaban J connectivity index is 3.35. The minimum Gasteiger partial charge on any atom is -0.506 e. The summed E-state index contributed by atoms with van der Waals surface area (Å²) in [4.78, 5) is 3.19. The van der Waals surface area contributed by atoms with Crippen molar-refractivity contribution in [2.75, 3.05) is 7.11 Å². The molecular formula is C8H6F5NO3. The van der Waals surface area contributed by atoms with Gasteiger partial charge in [0, 0.05) is 0 Å². The Morgan fingerprint density at radius 3 is 2.35 bits per heavy atom. The Kier molecular flexibility index (Phi) is 3.59. The lowest BCUT2D eigenvalue weighted by Crippen LogP contribution is -2.19. The van der Waals surface area contributed by atoms with Gasteiger partial charge in [0.1, 0.15) is 11.3 Å². The van der Waals surface area contributed by atoms with E-state index in [1.807, 2.05) is 0 Å². The van der Waals surface area contributed by atoms with Crippen LogP contribution in [0, 0.1) is 0 Å². The monoisotopic (exact) mass is 259 g/mol. The third kappa shape index (κ3) is 3.08. The Hall–Kier alpha value is -1.80. The molecule has 1 heterocycles. The first-order valence-electron chi connectivity index (χ1n) is 4.06. The number of halogens is 5. The summed E-state index contributed by atoms with van der Waals surface area (Å²) in [5.41, 5.74) is -1.32. The fraction of sp³-hybridized carbons (Fsp3) is 0.375. The van der Waals surface area contributed by atoms with Crippen molar-refractivity contribution < 1.29 is 36.5 Å². The zero-order valence-electron chi connectivity index (χ0n) is 8.26. The first-order valence-corrected chi connectivity index (χ1v) is 4.06. The Bertz CT molecular complexity index is 407. The average Bonchev–Trinajstić information content (AvgIpc) is 2.15. The van der Waals surface area contributed by atoms with E-state index in [2.05, 4.69) is 14.5 Å². The molecule has 4 nitrogen and oxygen atoms in total. The van der Waals surface area contributed by atoms with Gasteiger partial charge in [-0.05, 0) is 0 Å². The number of ether oxygens (including phenoxy) is 2. The predicted octanol–water partition coefficient (Wildman–Crippen LogP) is 2.63. The van der Waals surface area contributed by atoms with Gasteiger partial charge in [0.2, 0.25) is 5.75 Å². The van der Waals surface area contributed by atoms with Gasteiger partial charge in [-0.1, -0.05) is 0 Å². The van der Waals surface area contributed by atoms with Crippen molar-refractivity contribution in [1.82, 2.24) is 4.98 Å². The number of hydrogen-bond acceptors (Lipinski definition) is 4. The normalized spacial score (nSPS) is 11.7. The summed E-state index contributed by atoms with van der Waals surface area (Å²) < 4.78 is 68.7. The SMILES string of the molecule is COc1ncc(O)c(C(F)F)c1OC(F)(F)F. The lowest BCUT2D eigenvalue weighted by molar-refractivity contribution is -0.275. The van der Waals surface area contributed by atoms with E-state index in [9.17, 15) is 22.0 Å². The van der Waals surface area contributed by atoms with E-state index in [1.165, 1.54) is 0 Å². The number of methoxy groups -OCH3 is 1. The number of pyridine rings is 1. The van der Waals surface area contributed by atoms with Gasteiger partial charge in [-0.25, -0.2) is 13.8 Å². The van der Waals surface area contributed by atoms with Crippen molar-refractivity contribution in [1.29, 1.82) is 0 Å². The van der Waals surface area contributed by atoms with E-state index in [4.69, 9.17) is 5.11 Å².